The van der Waals surface area contributed by atoms with Gasteiger partial charge in [0.25, 0.3) is 5.91 Å². The van der Waals surface area contributed by atoms with Gasteiger partial charge < -0.3 is 15.5 Å². The number of hydrogen-bond acceptors (Lipinski definition) is 4. The molecule has 0 fully saturated rings. The molecule has 27 heavy (non-hydrogen) atoms. The van der Waals surface area contributed by atoms with Gasteiger partial charge in [0.1, 0.15) is 5.69 Å². The zero-order chi connectivity index (χ0) is 19.4. The topological polar surface area (TPSA) is 57.3 Å². The van der Waals surface area contributed by atoms with Crippen LogP contribution in [-0.2, 0) is 0 Å². The van der Waals surface area contributed by atoms with Crippen LogP contribution < -0.4 is 15.5 Å². The molecule has 2 aromatic carbocycles. The van der Waals surface area contributed by atoms with Crippen molar-refractivity contribution in [3.05, 3.63) is 77.1 Å². The Morgan fingerprint density at radius 3 is 2.41 bits per heavy atom. The van der Waals surface area contributed by atoms with Crippen LogP contribution in [0.3, 0.4) is 0 Å². The van der Waals surface area contributed by atoms with Gasteiger partial charge in [-0.25, -0.2) is 0 Å². The molecule has 2 N–H and O–H groups in total. The molecule has 1 amide bonds. The van der Waals surface area contributed by atoms with Gasteiger partial charge in [-0.05, 0) is 67.1 Å². The summed E-state index contributed by atoms with van der Waals surface area (Å²) in [6.07, 6.45) is 1.61. The molecule has 0 aliphatic carbocycles. The van der Waals surface area contributed by atoms with Gasteiger partial charge in [0.2, 0.25) is 0 Å². The van der Waals surface area contributed by atoms with E-state index in [1.54, 1.807) is 12.3 Å². The molecule has 0 saturated heterocycles. The van der Waals surface area contributed by atoms with Gasteiger partial charge in [0.15, 0.2) is 0 Å². The Morgan fingerprint density at radius 2 is 1.74 bits per heavy atom. The average molecular weight is 381 g/mol. The average Bonchev–Trinajstić information content (AvgIpc) is 2.65. The number of halogens is 1. The van der Waals surface area contributed by atoms with Crippen LogP contribution in [0.1, 0.15) is 16.1 Å². The second kappa shape index (κ2) is 8.10. The van der Waals surface area contributed by atoms with E-state index in [1.807, 2.05) is 74.4 Å². The van der Waals surface area contributed by atoms with Gasteiger partial charge in [0, 0.05) is 48.1 Å². The summed E-state index contributed by atoms with van der Waals surface area (Å²) in [5, 5.41) is 6.85. The molecule has 0 bridgehead atoms. The molecule has 1 heterocycles. The Labute approximate surface area is 164 Å². The summed E-state index contributed by atoms with van der Waals surface area (Å²) in [6, 6.07) is 16.8. The molecular formula is C21H21ClN4O. The third kappa shape index (κ3) is 4.77. The van der Waals surface area contributed by atoms with Crippen LogP contribution in [0.5, 0.6) is 0 Å². The van der Waals surface area contributed by atoms with Crippen LogP contribution in [0.25, 0.3) is 0 Å². The van der Waals surface area contributed by atoms with Crippen molar-refractivity contribution in [3.63, 3.8) is 0 Å². The maximum absolute atomic E-state index is 12.5. The van der Waals surface area contributed by atoms with E-state index < -0.39 is 0 Å². The van der Waals surface area contributed by atoms with Crippen LogP contribution in [0.15, 0.2) is 60.8 Å². The van der Waals surface area contributed by atoms with Gasteiger partial charge in [-0.3, -0.25) is 9.78 Å². The Kier molecular flexibility index (Phi) is 5.62. The van der Waals surface area contributed by atoms with Crippen molar-refractivity contribution >= 4 is 40.3 Å². The highest BCUT2D eigenvalue weighted by Gasteiger charge is 2.09. The smallest absolute Gasteiger partial charge is 0.274 e. The number of hydrogen-bond donors (Lipinski definition) is 2. The summed E-state index contributed by atoms with van der Waals surface area (Å²) in [6.45, 7) is 1.97. The van der Waals surface area contributed by atoms with E-state index in [9.17, 15) is 4.79 Å². The highest BCUT2D eigenvalue weighted by molar-refractivity contribution is 6.30. The van der Waals surface area contributed by atoms with E-state index in [0.717, 1.165) is 28.3 Å². The summed E-state index contributed by atoms with van der Waals surface area (Å²) in [7, 11) is 3.94. The Balaban J connectivity index is 1.73. The van der Waals surface area contributed by atoms with Gasteiger partial charge in [0.05, 0.1) is 0 Å². The Bertz CT molecular complexity index is 955. The fourth-order valence-corrected chi connectivity index (χ4v) is 2.82. The Hall–Kier alpha value is -3.05. The first-order valence-corrected chi connectivity index (χ1v) is 8.88. The first kappa shape index (κ1) is 18.7. The summed E-state index contributed by atoms with van der Waals surface area (Å²) in [5.74, 6) is -0.260. The lowest BCUT2D eigenvalue weighted by Crippen LogP contribution is -2.14. The second-order valence-corrected chi connectivity index (χ2v) is 6.85. The van der Waals surface area contributed by atoms with Crippen molar-refractivity contribution in [1.29, 1.82) is 0 Å². The lowest BCUT2D eigenvalue weighted by Gasteiger charge is -2.13. The first-order chi connectivity index (χ1) is 12.9. The molecule has 6 heteroatoms. The van der Waals surface area contributed by atoms with Crippen molar-refractivity contribution in [3.8, 4) is 0 Å². The number of nitrogens with one attached hydrogen (secondary N) is 2. The molecule has 5 nitrogen and oxygen atoms in total. The van der Waals surface area contributed by atoms with Crippen LogP contribution in [0, 0.1) is 6.92 Å². The summed E-state index contributed by atoms with van der Waals surface area (Å²) in [4.78, 5) is 18.7. The number of amides is 1. The molecule has 0 aliphatic rings. The maximum Gasteiger partial charge on any atom is 0.274 e. The molecule has 0 aliphatic heterocycles. The molecule has 3 rings (SSSR count). The lowest BCUT2D eigenvalue weighted by molar-refractivity contribution is 0.102. The van der Waals surface area contributed by atoms with Crippen LogP contribution in [-0.4, -0.2) is 25.0 Å². The number of aryl methyl sites for hydroxylation is 1. The number of benzene rings is 2. The summed E-state index contributed by atoms with van der Waals surface area (Å²) in [5.41, 5.74) is 4.85. The standard InChI is InChI=1S/C21H21ClN4O/c1-14-12-15(22)4-9-19(14)24-17-10-11-23-20(13-17)21(27)25-16-5-7-18(8-6-16)26(2)3/h4-13H,1-3H3,(H,23,24)(H,25,27). The molecule has 0 atom stereocenters. The van der Waals surface area contributed by atoms with Gasteiger partial charge in [-0.15, -0.1) is 0 Å². The number of rotatable bonds is 5. The van der Waals surface area contributed by atoms with Crippen molar-refractivity contribution in [2.24, 2.45) is 0 Å². The van der Waals surface area contributed by atoms with E-state index in [4.69, 9.17) is 11.6 Å². The molecule has 0 unspecified atom stereocenters. The van der Waals surface area contributed by atoms with E-state index in [2.05, 4.69) is 15.6 Å². The van der Waals surface area contributed by atoms with Gasteiger partial charge >= 0.3 is 0 Å². The predicted octanol–water partition coefficient (Wildman–Crippen LogP) is 5.11. The summed E-state index contributed by atoms with van der Waals surface area (Å²) < 4.78 is 0. The van der Waals surface area contributed by atoms with Crippen LogP contribution >= 0.6 is 11.6 Å². The number of nitrogens with zero attached hydrogens (tertiary/aromatic N) is 2. The third-order valence-corrected chi connectivity index (χ3v) is 4.34. The molecule has 0 saturated carbocycles. The van der Waals surface area contributed by atoms with Crippen molar-refractivity contribution in [1.82, 2.24) is 4.98 Å². The first-order valence-electron chi connectivity index (χ1n) is 8.50. The predicted molar refractivity (Wildman–Crippen MR) is 112 cm³/mol. The Morgan fingerprint density at radius 1 is 1.00 bits per heavy atom. The highest BCUT2D eigenvalue weighted by atomic mass is 35.5. The minimum Gasteiger partial charge on any atom is -0.378 e. The maximum atomic E-state index is 12.5. The monoisotopic (exact) mass is 380 g/mol. The zero-order valence-corrected chi connectivity index (χ0v) is 16.2. The van der Waals surface area contributed by atoms with Crippen molar-refractivity contribution < 1.29 is 4.79 Å². The second-order valence-electron chi connectivity index (χ2n) is 6.41. The van der Waals surface area contributed by atoms with Crippen molar-refractivity contribution in [2.45, 2.75) is 6.92 Å². The van der Waals surface area contributed by atoms with Gasteiger partial charge in [-0.1, -0.05) is 11.6 Å². The normalized spacial score (nSPS) is 10.4. The van der Waals surface area contributed by atoms with E-state index in [1.165, 1.54) is 0 Å². The number of pyridine rings is 1. The number of carbonyl (C=O) groups excluding carboxylic acids is 1. The largest absolute Gasteiger partial charge is 0.378 e. The summed E-state index contributed by atoms with van der Waals surface area (Å²) >= 11 is 6.00. The minimum atomic E-state index is -0.260. The fourth-order valence-electron chi connectivity index (χ4n) is 2.59. The molecule has 138 valence electrons. The molecular weight excluding hydrogens is 360 g/mol. The fraction of sp³-hybridized carbons (Fsp3) is 0.143. The van der Waals surface area contributed by atoms with Crippen LogP contribution in [0.4, 0.5) is 22.7 Å². The molecule has 0 spiro atoms. The third-order valence-electron chi connectivity index (χ3n) is 4.10. The molecule has 3 aromatic rings. The highest BCUT2D eigenvalue weighted by Crippen LogP contribution is 2.24. The van der Waals surface area contributed by atoms with Gasteiger partial charge in [-0.2, -0.15) is 0 Å². The van der Waals surface area contributed by atoms with Crippen molar-refractivity contribution in [2.75, 3.05) is 29.6 Å². The quantitative estimate of drug-likeness (QED) is 0.646. The van der Waals surface area contributed by atoms with E-state index in [0.29, 0.717) is 10.7 Å². The number of carbonyl (C=O) groups is 1. The van der Waals surface area contributed by atoms with E-state index in [-0.39, 0.29) is 5.91 Å². The number of aromatic nitrogens is 1. The lowest BCUT2D eigenvalue weighted by atomic mass is 10.2. The molecule has 1 aromatic heterocycles. The van der Waals surface area contributed by atoms with Crippen LogP contribution in [0.2, 0.25) is 5.02 Å². The SMILES string of the molecule is Cc1cc(Cl)ccc1Nc1ccnc(C(=O)Nc2ccc(N(C)C)cc2)c1. The molecule has 0 radical (unpaired) electrons. The minimum absolute atomic E-state index is 0.260. The number of anilines is 4. The zero-order valence-electron chi connectivity index (χ0n) is 15.5. The van der Waals surface area contributed by atoms with E-state index >= 15 is 0 Å².